The van der Waals surface area contributed by atoms with Crippen LogP contribution in [0.25, 0.3) is 0 Å². The van der Waals surface area contributed by atoms with Gasteiger partial charge in [-0.1, -0.05) is 18.5 Å². The molecule has 0 aliphatic carbocycles. The van der Waals surface area contributed by atoms with Gasteiger partial charge in [-0.3, -0.25) is 9.59 Å². The SMILES string of the molecule is CCC(=O)N1CCc2cc(S(=O)(=O)CCC(=O)Nc3ccc(Cl)c(C(F)(F)F)c3)ccc21. The topological polar surface area (TPSA) is 83.6 Å². The zero-order valence-corrected chi connectivity index (χ0v) is 18.6. The molecule has 6 nitrogen and oxygen atoms in total. The standard InChI is InChI=1S/C21H20ClF3N2O4S/c1-2-20(29)27-9-7-13-11-15(4-6-18(13)27)32(30,31)10-8-19(28)26-14-3-5-17(22)16(12-14)21(23,24)25/h3-6,11-12H,2,7-10H2,1H3,(H,26,28). The van der Waals surface area contributed by atoms with Gasteiger partial charge in [-0.15, -0.1) is 0 Å². The Morgan fingerprint density at radius 1 is 1.16 bits per heavy atom. The Hall–Kier alpha value is -2.59. The van der Waals surface area contributed by atoms with Gasteiger partial charge in [0.15, 0.2) is 9.84 Å². The number of carbonyl (C=O) groups excluding carboxylic acids is 2. The van der Waals surface area contributed by atoms with Gasteiger partial charge in [-0.2, -0.15) is 13.2 Å². The molecule has 2 aromatic rings. The molecule has 0 bridgehead atoms. The summed E-state index contributed by atoms with van der Waals surface area (Å²) in [5.41, 5.74) is 0.176. The van der Waals surface area contributed by atoms with E-state index in [1.807, 2.05) is 0 Å². The van der Waals surface area contributed by atoms with Crippen LogP contribution in [0.4, 0.5) is 24.5 Å². The summed E-state index contributed by atoms with van der Waals surface area (Å²) in [7, 11) is -3.82. The van der Waals surface area contributed by atoms with Gasteiger partial charge in [0.2, 0.25) is 11.8 Å². The molecule has 1 aliphatic rings. The van der Waals surface area contributed by atoms with E-state index in [1.165, 1.54) is 18.2 Å². The van der Waals surface area contributed by atoms with Crippen LogP contribution in [0, 0.1) is 0 Å². The minimum atomic E-state index is -4.69. The van der Waals surface area contributed by atoms with Crippen LogP contribution in [-0.2, 0) is 32.0 Å². The zero-order chi connectivity index (χ0) is 23.7. The summed E-state index contributed by atoms with van der Waals surface area (Å²) in [5.74, 6) is -1.31. The monoisotopic (exact) mass is 488 g/mol. The lowest BCUT2D eigenvalue weighted by Crippen LogP contribution is -2.27. The van der Waals surface area contributed by atoms with E-state index in [0.29, 0.717) is 31.1 Å². The van der Waals surface area contributed by atoms with Crippen molar-refractivity contribution in [3.63, 3.8) is 0 Å². The molecule has 0 saturated heterocycles. The van der Waals surface area contributed by atoms with E-state index in [4.69, 9.17) is 11.6 Å². The Bertz CT molecular complexity index is 1170. The van der Waals surface area contributed by atoms with Crippen molar-refractivity contribution < 1.29 is 31.2 Å². The van der Waals surface area contributed by atoms with Gasteiger partial charge < -0.3 is 10.2 Å². The van der Waals surface area contributed by atoms with Crippen LogP contribution in [0.1, 0.15) is 30.9 Å². The second-order valence-electron chi connectivity index (χ2n) is 7.25. The summed E-state index contributed by atoms with van der Waals surface area (Å²) >= 11 is 5.55. The molecule has 172 valence electrons. The van der Waals surface area contributed by atoms with Crippen LogP contribution >= 0.6 is 11.6 Å². The lowest BCUT2D eigenvalue weighted by atomic mass is 10.2. The number of halogens is 4. The Morgan fingerprint density at radius 3 is 2.53 bits per heavy atom. The van der Waals surface area contributed by atoms with Gasteiger partial charge >= 0.3 is 6.18 Å². The summed E-state index contributed by atoms with van der Waals surface area (Å²) in [6.45, 7) is 2.23. The maximum atomic E-state index is 12.9. The normalized spacial score (nSPS) is 13.7. The number of nitrogens with zero attached hydrogens (tertiary/aromatic N) is 1. The maximum Gasteiger partial charge on any atom is 0.417 e. The molecule has 1 heterocycles. The number of hydrogen-bond donors (Lipinski definition) is 1. The van der Waals surface area contributed by atoms with Crippen molar-refractivity contribution in [3.8, 4) is 0 Å². The van der Waals surface area contributed by atoms with Crippen LogP contribution in [0.15, 0.2) is 41.3 Å². The zero-order valence-electron chi connectivity index (χ0n) is 17.0. The number of amides is 2. The number of rotatable bonds is 6. The minimum Gasteiger partial charge on any atom is -0.326 e. The van der Waals surface area contributed by atoms with Crippen molar-refractivity contribution >= 4 is 44.6 Å². The van der Waals surface area contributed by atoms with E-state index in [1.54, 1.807) is 17.9 Å². The smallest absolute Gasteiger partial charge is 0.326 e. The van der Waals surface area contributed by atoms with Crippen molar-refractivity contribution in [1.82, 2.24) is 0 Å². The number of anilines is 2. The number of hydrogen-bond acceptors (Lipinski definition) is 4. The van der Waals surface area contributed by atoms with E-state index in [2.05, 4.69) is 5.32 Å². The van der Waals surface area contributed by atoms with Gasteiger partial charge in [0.05, 0.1) is 21.2 Å². The number of nitrogens with one attached hydrogen (secondary N) is 1. The van der Waals surface area contributed by atoms with Crippen LogP contribution in [0.2, 0.25) is 5.02 Å². The van der Waals surface area contributed by atoms with Crippen molar-refractivity contribution in [3.05, 3.63) is 52.5 Å². The number of benzene rings is 2. The van der Waals surface area contributed by atoms with E-state index in [9.17, 15) is 31.2 Å². The number of fused-ring (bicyclic) bond motifs is 1. The molecule has 3 rings (SSSR count). The first-order chi connectivity index (χ1) is 14.9. The largest absolute Gasteiger partial charge is 0.417 e. The van der Waals surface area contributed by atoms with Gasteiger partial charge in [-0.25, -0.2) is 8.42 Å². The molecule has 2 amide bonds. The number of alkyl halides is 3. The molecular weight excluding hydrogens is 469 g/mol. The molecule has 11 heteroatoms. The molecule has 1 N–H and O–H groups in total. The first-order valence-electron chi connectivity index (χ1n) is 9.75. The Labute approximate surface area is 188 Å². The number of sulfone groups is 1. The van der Waals surface area contributed by atoms with Gasteiger partial charge in [0.1, 0.15) is 0 Å². The van der Waals surface area contributed by atoms with Crippen molar-refractivity contribution in [2.24, 2.45) is 0 Å². The predicted octanol–water partition coefficient (Wildman–Crippen LogP) is 4.46. The Morgan fingerprint density at radius 2 is 1.88 bits per heavy atom. The minimum absolute atomic E-state index is 0.0284. The predicted molar refractivity (Wildman–Crippen MR) is 115 cm³/mol. The third-order valence-electron chi connectivity index (χ3n) is 5.06. The maximum absolute atomic E-state index is 12.9. The summed E-state index contributed by atoms with van der Waals surface area (Å²) < 4.78 is 64.2. The van der Waals surface area contributed by atoms with Crippen molar-refractivity contribution in [1.29, 1.82) is 0 Å². The molecule has 0 atom stereocenters. The average Bonchev–Trinajstić information content (AvgIpc) is 3.16. The highest BCUT2D eigenvalue weighted by Crippen LogP contribution is 2.36. The summed E-state index contributed by atoms with van der Waals surface area (Å²) in [4.78, 5) is 25.8. The van der Waals surface area contributed by atoms with Crippen LogP contribution in [-0.4, -0.2) is 32.5 Å². The molecule has 0 unspecified atom stereocenters. The fourth-order valence-corrected chi connectivity index (χ4v) is 4.92. The highest BCUT2D eigenvalue weighted by Gasteiger charge is 2.33. The Balaban J connectivity index is 1.67. The average molecular weight is 489 g/mol. The first-order valence-corrected chi connectivity index (χ1v) is 11.8. The third kappa shape index (κ3) is 5.24. The molecule has 0 radical (unpaired) electrons. The van der Waals surface area contributed by atoms with Crippen molar-refractivity contribution in [2.45, 2.75) is 37.3 Å². The van der Waals surface area contributed by atoms with Gasteiger partial charge in [0, 0.05) is 30.8 Å². The molecule has 32 heavy (non-hydrogen) atoms. The highest BCUT2D eigenvalue weighted by molar-refractivity contribution is 7.91. The molecule has 0 fully saturated rings. The molecular formula is C21H20ClF3N2O4S. The van der Waals surface area contributed by atoms with Crippen molar-refractivity contribution in [2.75, 3.05) is 22.5 Å². The quantitative estimate of drug-likeness (QED) is 0.650. The van der Waals surface area contributed by atoms with E-state index in [0.717, 1.165) is 11.6 Å². The van der Waals surface area contributed by atoms with Crippen LogP contribution in [0.5, 0.6) is 0 Å². The van der Waals surface area contributed by atoms with E-state index < -0.39 is 44.7 Å². The molecule has 0 aromatic heterocycles. The third-order valence-corrected chi connectivity index (χ3v) is 7.11. The first kappa shape index (κ1) is 24.1. The van der Waals surface area contributed by atoms with Gasteiger partial charge in [0.25, 0.3) is 0 Å². The highest BCUT2D eigenvalue weighted by atomic mass is 35.5. The second kappa shape index (κ2) is 9.11. The molecule has 1 aliphatic heterocycles. The fourth-order valence-electron chi connectivity index (χ4n) is 3.41. The molecule has 0 spiro atoms. The fraction of sp³-hybridized carbons (Fsp3) is 0.333. The summed E-state index contributed by atoms with van der Waals surface area (Å²) in [5, 5.41) is 1.76. The van der Waals surface area contributed by atoms with Crippen LogP contribution in [0.3, 0.4) is 0 Å². The Kier molecular flexibility index (Phi) is 6.85. The molecule has 2 aromatic carbocycles. The lowest BCUT2D eigenvalue weighted by Gasteiger charge is -2.16. The second-order valence-corrected chi connectivity index (χ2v) is 9.77. The van der Waals surface area contributed by atoms with E-state index in [-0.39, 0.29) is 16.5 Å². The number of carbonyl (C=O) groups is 2. The van der Waals surface area contributed by atoms with Crippen LogP contribution < -0.4 is 10.2 Å². The summed E-state index contributed by atoms with van der Waals surface area (Å²) in [6, 6.07) is 7.37. The lowest BCUT2D eigenvalue weighted by molar-refractivity contribution is -0.137. The molecule has 0 saturated carbocycles. The van der Waals surface area contributed by atoms with Gasteiger partial charge in [-0.05, 0) is 48.4 Å². The summed E-state index contributed by atoms with van der Waals surface area (Å²) in [6.07, 6.45) is -4.26. The van der Waals surface area contributed by atoms with E-state index >= 15 is 0 Å².